The molecule has 0 saturated carbocycles. The van der Waals surface area contributed by atoms with E-state index in [0.717, 1.165) is 29.8 Å². The Morgan fingerprint density at radius 2 is 2.00 bits per heavy atom. The molecule has 2 aromatic carbocycles. The van der Waals surface area contributed by atoms with E-state index < -0.39 is 0 Å². The number of hydrogen-bond donors (Lipinski definition) is 2. The highest BCUT2D eigenvalue weighted by Gasteiger charge is 2.23. The molecular formula is C21H25Cl2N3O2. The van der Waals surface area contributed by atoms with Crippen LogP contribution in [0.1, 0.15) is 24.5 Å². The van der Waals surface area contributed by atoms with Crippen molar-refractivity contribution in [2.75, 3.05) is 30.9 Å². The van der Waals surface area contributed by atoms with E-state index in [0.29, 0.717) is 29.2 Å². The third-order valence-corrected chi connectivity index (χ3v) is 5.86. The molecule has 150 valence electrons. The molecule has 5 nitrogen and oxygen atoms in total. The Balaban J connectivity index is 0.000000500. The maximum atomic E-state index is 9.44. The minimum atomic E-state index is 0.167. The van der Waals surface area contributed by atoms with Gasteiger partial charge in [0.1, 0.15) is 12.4 Å². The number of amides is 1. The van der Waals surface area contributed by atoms with E-state index in [-0.39, 0.29) is 5.91 Å². The van der Waals surface area contributed by atoms with Crippen LogP contribution in [0.2, 0.25) is 10.0 Å². The summed E-state index contributed by atoms with van der Waals surface area (Å²) in [5.41, 5.74) is 4.15. The average Bonchev–Trinajstić information content (AvgIpc) is 3.47. The van der Waals surface area contributed by atoms with Crippen LogP contribution in [0, 0.1) is 0 Å². The molecule has 4 rings (SSSR count). The molecule has 1 unspecified atom stereocenters. The highest BCUT2D eigenvalue weighted by Crippen LogP contribution is 2.39. The molecular weight excluding hydrogens is 397 g/mol. The number of benzene rings is 2. The van der Waals surface area contributed by atoms with Gasteiger partial charge in [-0.1, -0.05) is 35.3 Å². The summed E-state index contributed by atoms with van der Waals surface area (Å²) in [6, 6.07) is 10.4. The first-order valence-electron chi connectivity index (χ1n) is 9.31. The molecule has 1 fully saturated rings. The van der Waals surface area contributed by atoms with Gasteiger partial charge in [0.2, 0.25) is 5.91 Å². The van der Waals surface area contributed by atoms with Crippen molar-refractivity contribution >= 4 is 40.5 Å². The lowest BCUT2D eigenvalue weighted by atomic mass is 9.97. The quantitative estimate of drug-likeness (QED) is 0.713. The van der Waals surface area contributed by atoms with Gasteiger partial charge in [-0.3, -0.25) is 4.79 Å². The Labute approximate surface area is 176 Å². The minimum absolute atomic E-state index is 0.167. The Hall–Kier alpha value is -2.11. The fourth-order valence-electron chi connectivity index (χ4n) is 3.17. The zero-order valence-corrected chi connectivity index (χ0v) is 17.8. The van der Waals surface area contributed by atoms with Crippen LogP contribution in [0.5, 0.6) is 5.75 Å². The number of rotatable bonds is 4. The number of nitrogens with one attached hydrogen (secondary N) is 2. The predicted octanol–water partition coefficient (Wildman–Crippen LogP) is 4.50. The van der Waals surface area contributed by atoms with E-state index in [9.17, 15) is 4.79 Å². The maximum Gasteiger partial charge on any atom is 0.239 e. The first-order chi connectivity index (χ1) is 13.4. The molecule has 0 aliphatic carbocycles. The van der Waals surface area contributed by atoms with Gasteiger partial charge in [-0.15, -0.1) is 0 Å². The first kappa shape index (κ1) is 20.6. The molecule has 7 heteroatoms. The highest BCUT2D eigenvalue weighted by molar-refractivity contribution is 6.37. The van der Waals surface area contributed by atoms with E-state index >= 15 is 0 Å². The van der Waals surface area contributed by atoms with Crippen molar-refractivity contribution in [3.63, 3.8) is 0 Å². The van der Waals surface area contributed by atoms with Gasteiger partial charge in [0, 0.05) is 30.7 Å². The zero-order valence-electron chi connectivity index (χ0n) is 16.3. The maximum absolute atomic E-state index is 9.44. The topological polar surface area (TPSA) is 63.5 Å². The van der Waals surface area contributed by atoms with Crippen LogP contribution < -0.4 is 20.3 Å². The Bertz CT molecular complexity index is 867. The Kier molecular flexibility index (Phi) is 6.57. The fraction of sp³-hybridized carbons (Fsp3) is 0.381. The van der Waals surface area contributed by atoms with Crippen LogP contribution in [0.3, 0.4) is 0 Å². The molecule has 0 aromatic heterocycles. The highest BCUT2D eigenvalue weighted by atomic mass is 35.5. The van der Waals surface area contributed by atoms with Crippen molar-refractivity contribution < 1.29 is 9.53 Å². The number of hydrogen-bond acceptors (Lipinski definition) is 4. The summed E-state index contributed by atoms with van der Waals surface area (Å²) in [6.07, 6.45) is 2.24. The normalized spacial score (nSPS) is 17.1. The van der Waals surface area contributed by atoms with Crippen LogP contribution in [0.15, 0.2) is 30.3 Å². The molecule has 1 atom stereocenters. The van der Waals surface area contributed by atoms with Crippen LogP contribution in [-0.2, 0) is 17.8 Å². The average molecular weight is 422 g/mol. The first-order valence-corrected chi connectivity index (χ1v) is 10.1. The minimum Gasteiger partial charge on any atom is -0.487 e. The lowest BCUT2D eigenvalue weighted by Crippen LogP contribution is -2.33. The third kappa shape index (κ3) is 4.65. The summed E-state index contributed by atoms with van der Waals surface area (Å²) in [5.74, 6) is 1.04. The van der Waals surface area contributed by atoms with Crippen LogP contribution >= 0.6 is 23.2 Å². The van der Waals surface area contributed by atoms with Crippen molar-refractivity contribution in [3.8, 4) is 5.75 Å². The summed E-state index contributed by atoms with van der Waals surface area (Å²) >= 11 is 12.8. The van der Waals surface area contributed by atoms with Gasteiger partial charge in [0.25, 0.3) is 0 Å². The van der Waals surface area contributed by atoms with Crippen molar-refractivity contribution in [1.29, 1.82) is 0 Å². The summed E-state index contributed by atoms with van der Waals surface area (Å²) in [6.45, 7) is 3.18. The van der Waals surface area contributed by atoms with Gasteiger partial charge in [-0.25, -0.2) is 0 Å². The number of ether oxygens (including phenoxy) is 1. The van der Waals surface area contributed by atoms with Crippen molar-refractivity contribution in [3.05, 3.63) is 51.5 Å². The second-order valence-electron chi connectivity index (χ2n) is 6.97. The number of fused-ring (bicyclic) bond motifs is 1. The summed E-state index contributed by atoms with van der Waals surface area (Å²) in [4.78, 5) is 11.7. The number of nitrogens with zero attached hydrogens (tertiary/aromatic N) is 1. The second kappa shape index (κ2) is 8.93. The predicted molar refractivity (Wildman–Crippen MR) is 116 cm³/mol. The van der Waals surface area contributed by atoms with Gasteiger partial charge in [0.15, 0.2) is 0 Å². The smallest absolute Gasteiger partial charge is 0.239 e. The summed E-state index contributed by atoms with van der Waals surface area (Å²) < 4.78 is 6.13. The lowest BCUT2D eigenvalue weighted by Gasteiger charge is -2.35. The lowest BCUT2D eigenvalue weighted by molar-refractivity contribution is -0.110. The van der Waals surface area contributed by atoms with E-state index in [1.807, 2.05) is 31.3 Å². The molecule has 0 radical (unpaired) electrons. The molecule has 2 aliphatic rings. The summed E-state index contributed by atoms with van der Waals surface area (Å²) in [5, 5.41) is 6.75. The number of aryl methyl sites for hydroxylation is 1. The van der Waals surface area contributed by atoms with Gasteiger partial charge < -0.3 is 20.3 Å². The number of carbonyl (C=O) groups is 1. The van der Waals surface area contributed by atoms with Gasteiger partial charge >= 0.3 is 0 Å². The van der Waals surface area contributed by atoms with E-state index in [1.165, 1.54) is 11.3 Å². The third-order valence-electron chi connectivity index (χ3n) is 5.08. The Morgan fingerprint density at radius 1 is 1.29 bits per heavy atom. The Morgan fingerprint density at radius 3 is 2.64 bits per heavy atom. The van der Waals surface area contributed by atoms with Crippen LogP contribution in [0.4, 0.5) is 11.4 Å². The SMILES string of the molecule is CNc1ccc(Cl)c(COc2cccc3c2N(C)C(C)CC3)c1Cl.O=C1CN1. The molecule has 2 aromatic rings. The zero-order chi connectivity index (χ0) is 20.3. The molecule has 2 heterocycles. The molecule has 0 spiro atoms. The number of carbonyl (C=O) groups excluding carboxylic acids is 1. The molecule has 1 amide bonds. The van der Waals surface area contributed by atoms with E-state index in [4.69, 9.17) is 27.9 Å². The molecule has 1 saturated heterocycles. The molecule has 28 heavy (non-hydrogen) atoms. The molecule has 0 bridgehead atoms. The van der Waals surface area contributed by atoms with Crippen molar-refractivity contribution in [1.82, 2.24) is 5.32 Å². The van der Waals surface area contributed by atoms with Gasteiger partial charge in [-0.05, 0) is 43.5 Å². The largest absolute Gasteiger partial charge is 0.487 e. The van der Waals surface area contributed by atoms with Gasteiger partial charge in [-0.2, -0.15) is 0 Å². The number of halogens is 2. The van der Waals surface area contributed by atoms with Crippen LogP contribution in [0.25, 0.3) is 0 Å². The van der Waals surface area contributed by atoms with Crippen LogP contribution in [-0.4, -0.2) is 32.6 Å². The van der Waals surface area contributed by atoms with Crippen molar-refractivity contribution in [2.24, 2.45) is 0 Å². The molecule has 2 aliphatic heterocycles. The van der Waals surface area contributed by atoms with Crippen molar-refractivity contribution in [2.45, 2.75) is 32.4 Å². The number of anilines is 2. The monoisotopic (exact) mass is 421 g/mol. The van der Waals surface area contributed by atoms with Gasteiger partial charge in [0.05, 0.1) is 22.9 Å². The van der Waals surface area contributed by atoms with E-state index in [2.05, 4.69) is 35.6 Å². The fourth-order valence-corrected chi connectivity index (χ4v) is 3.75. The molecule has 2 N–H and O–H groups in total. The van der Waals surface area contributed by atoms with E-state index in [1.54, 1.807) is 0 Å². The second-order valence-corrected chi connectivity index (χ2v) is 7.75. The standard InChI is InChI=1S/C19H22Cl2N2O.C2H3NO/c1-12-7-8-13-5-4-6-17(19(13)23(12)3)24-11-14-15(20)9-10-16(22-2)18(14)21;4-2-1-3-2/h4-6,9-10,12,22H,7-8,11H2,1-3H3;1H2,(H,3,4). The number of para-hydroxylation sites is 1. The summed E-state index contributed by atoms with van der Waals surface area (Å²) in [7, 11) is 3.96.